The number of fused-ring (bicyclic) bond motifs is 2. The summed E-state index contributed by atoms with van der Waals surface area (Å²) in [6, 6.07) is 9.90. The van der Waals surface area contributed by atoms with Crippen molar-refractivity contribution in [3.8, 4) is 0 Å². The van der Waals surface area contributed by atoms with E-state index in [-0.39, 0.29) is 36.9 Å². The van der Waals surface area contributed by atoms with Crippen molar-refractivity contribution in [2.75, 3.05) is 23.8 Å². The normalized spacial score (nSPS) is 14.9. The van der Waals surface area contributed by atoms with E-state index in [0.717, 1.165) is 0 Å². The average molecular weight is 382 g/mol. The Bertz CT molecular complexity index is 817. The van der Waals surface area contributed by atoms with Gasteiger partial charge in [0.05, 0.1) is 24.3 Å². The molecule has 2 atom stereocenters. The summed E-state index contributed by atoms with van der Waals surface area (Å²) in [5.41, 5.74) is 2.48. The van der Waals surface area contributed by atoms with E-state index in [0.29, 0.717) is 46.5 Å². The quantitative estimate of drug-likeness (QED) is 0.478. The molecule has 148 valence electrons. The van der Waals surface area contributed by atoms with Crippen LogP contribution in [0.4, 0.5) is 11.4 Å². The Morgan fingerprint density at radius 2 is 1.18 bits per heavy atom. The van der Waals surface area contributed by atoms with Crippen molar-refractivity contribution in [1.82, 2.24) is 0 Å². The number of nitrogens with one attached hydrogen (secondary N) is 2. The largest absolute Gasteiger partial charge is 0.394 e. The van der Waals surface area contributed by atoms with Gasteiger partial charge < -0.3 is 20.8 Å². The van der Waals surface area contributed by atoms with Crippen molar-refractivity contribution < 1.29 is 19.8 Å². The van der Waals surface area contributed by atoms with E-state index in [2.05, 4.69) is 10.6 Å². The predicted molar refractivity (Wildman–Crippen MR) is 109 cm³/mol. The molecule has 0 amide bonds. The van der Waals surface area contributed by atoms with Gasteiger partial charge in [-0.05, 0) is 25.0 Å². The molecule has 0 heterocycles. The van der Waals surface area contributed by atoms with Crippen LogP contribution >= 0.6 is 0 Å². The summed E-state index contributed by atoms with van der Waals surface area (Å²) in [4.78, 5) is 26.6. The van der Waals surface area contributed by atoms with E-state index in [4.69, 9.17) is 0 Å². The zero-order valence-corrected chi connectivity index (χ0v) is 16.2. The van der Waals surface area contributed by atoms with Crippen LogP contribution in [-0.4, -0.2) is 47.1 Å². The van der Waals surface area contributed by atoms with E-state index in [1.165, 1.54) is 0 Å². The van der Waals surface area contributed by atoms with Gasteiger partial charge in [-0.15, -0.1) is 0 Å². The first-order valence-electron chi connectivity index (χ1n) is 9.65. The molecule has 0 saturated heterocycles. The van der Waals surface area contributed by atoms with Crippen LogP contribution in [-0.2, 0) is 0 Å². The Balaban J connectivity index is 2.10. The lowest BCUT2D eigenvalue weighted by atomic mass is 9.82. The monoisotopic (exact) mass is 382 g/mol. The van der Waals surface area contributed by atoms with Crippen LogP contribution in [0.5, 0.6) is 0 Å². The molecule has 4 N–H and O–H groups in total. The zero-order valence-electron chi connectivity index (χ0n) is 16.2. The Labute approximate surface area is 164 Å². The topological polar surface area (TPSA) is 98.7 Å². The maximum atomic E-state index is 13.5. The molecule has 6 heteroatoms. The van der Waals surface area contributed by atoms with Crippen LogP contribution in [0.25, 0.3) is 0 Å². The lowest BCUT2D eigenvalue weighted by Crippen LogP contribution is -2.29. The summed E-state index contributed by atoms with van der Waals surface area (Å²) in [5.74, 6) is -0.442. The van der Waals surface area contributed by atoms with Gasteiger partial charge >= 0.3 is 0 Å². The second-order valence-corrected chi connectivity index (χ2v) is 6.98. The van der Waals surface area contributed by atoms with Gasteiger partial charge in [-0.1, -0.05) is 38.1 Å². The Morgan fingerprint density at radius 1 is 0.750 bits per heavy atom. The highest BCUT2D eigenvalue weighted by atomic mass is 16.3. The van der Waals surface area contributed by atoms with Crippen molar-refractivity contribution in [1.29, 1.82) is 0 Å². The van der Waals surface area contributed by atoms with Gasteiger partial charge in [-0.3, -0.25) is 9.59 Å². The highest BCUT2D eigenvalue weighted by Crippen LogP contribution is 2.36. The molecule has 2 aromatic rings. The number of carbonyl (C=O) groups is 2. The van der Waals surface area contributed by atoms with Crippen molar-refractivity contribution in [2.45, 2.75) is 38.8 Å². The smallest absolute Gasteiger partial charge is 0.198 e. The third kappa shape index (κ3) is 3.53. The molecule has 1 aliphatic rings. The van der Waals surface area contributed by atoms with Gasteiger partial charge in [-0.2, -0.15) is 0 Å². The van der Waals surface area contributed by atoms with E-state index in [1.54, 1.807) is 36.4 Å². The van der Waals surface area contributed by atoms with Crippen LogP contribution in [0, 0.1) is 0 Å². The molecule has 2 unspecified atom stereocenters. The number of ketones is 2. The second-order valence-electron chi connectivity index (χ2n) is 6.98. The number of anilines is 2. The Hall–Kier alpha value is -2.70. The van der Waals surface area contributed by atoms with E-state index < -0.39 is 0 Å². The van der Waals surface area contributed by atoms with Crippen LogP contribution in [0.3, 0.4) is 0 Å². The zero-order chi connectivity index (χ0) is 20.3. The SMILES string of the molecule is CCC(CO)Nc1cccc2c1C(=O)c1c(NC(CC)CO)cccc1C2=O. The highest BCUT2D eigenvalue weighted by Gasteiger charge is 2.34. The molecular formula is C22H26N2O4. The van der Waals surface area contributed by atoms with Gasteiger partial charge in [0, 0.05) is 34.6 Å². The second kappa shape index (κ2) is 8.54. The number of aliphatic hydroxyl groups is 2. The molecule has 0 aromatic heterocycles. The van der Waals surface area contributed by atoms with Gasteiger partial charge in [0.15, 0.2) is 11.6 Å². The van der Waals surface area contributed by atoms with Gasteiger partial charge in [0.2, 0.25) is 0 Å². The lowest BCUT2D eigenvalue weighted by Gasteiger charge is -2.26. The van der Waals surface area contributed by atoms with Crippen molar-refractivity contribution in [3.05, 3.63) is 58.7 Å². The van der Waals surface area contributed by atoms with E-state index in [1.807, 2.05) is 13.8 Å². The minimum atomic E-state index is -0.239. The van der Waals surface area contributed by atoms with Crippen LogP contribution in [0.1, 0.15) is 58.5 Å². The minimum Gasteiger partial charge on any atom is -0.394 e. The van der Waals surface area contributed by atoms with Crippen LogP contribution in [0.2, 0.25) is 0 Å². The summed E-state index contributed by atoms with van der Waals surface area (Å²) in [6.45, 7) is 3.74. The predicted octanol–water partition coefficient (Wildman–Crippen LogP) is 2.83. The molecule has 2 aromatic carbocycles. The van der Waals surface area contributed by atoms with Gasteiger partial charge in [0.1, 0.15) is 0 Å². The fourth-order valence-corrected chi connectivity index (χ4v) is 3.48. The van der Waals surface area contributed by atoms with Crippen LogP contribution < -0.4 is 10.6 Å². The van der Waals surface area contributed by atoms with Gasteiger partial charge in [0.25, 0.3) is 0 Å². The molecule has 0 fully saturated rings. The molecule has 0 spiro atoms. The molecule has 0 aliphatic heterocycles. The molecule has 1 aliphatic carbocycles. The third-order valence-corrected chi connectivity index (χ3v) is 5.22. The van der Waals surface area contributed by atoms with Crippen molar-refractivity contribution >= 4 is 22.9 Å². The third-order valence-electron chi connectivity index (χ3n) is 5.22. The molecule has 28 heavy (non-hydrogen) atoms. The first-order valence-corrected chi connectivity index (χ1v) is 9.65. The number of rotatable bonds is 8. The fourth-order valence-electron chi connectivity index (χ4n) is 3.48. The Morgan fingerprint density at radius 3 is 1.54 bits per heavy atom. The van der Waals surface area contributed by atoms with Crippen LogP contribution in [0.15, 0.2) is 36.4 Å². The molecule has 0 radical (unpaired) electrons. The summed E-state index contributed by atoms with van der Waals surface area (Å²) in [6.07, 6.45) is 1.36. The molecule has 6 nitrogen and oxygen atoms in total. The molecule has 0 bridgehead atoms. The summed E-state index contributed by atoms with van der Waals surface area (Å²) >= 11 is 0. The van der Waals surface area contributed by atoms with Crippen molar-refractivity contribution in [3.63, 3.8) is 0 Å². The number of carbonyl (C=O) groups excluding carboxylic acids is 2. The van der Waals surface area contributed by atoms with Crippen molar-refractivity contribution in [2.24, 2.45) is 0 Å². The van der Waals surface area contributed by atoms with E-state index in [9.17, 15) is 19.8 Å². The van der Waals surface area contributed by atoms with Gasteiger partial charge in [-0.25, -0.2) is 0 Å². The summed E-state index contributed by atoms with van der Waals surface area (Å²) in [5, 5.41) is 25.4. The number of hydrogen-bond acceptors (Lipinski definition) is 6. The fraction of sp³-hybridized carbons (Fsp3) is 0.364. The molecular weight excluding hydrogens is 356 g/mol. The average Bonchev–Trinajstić information content (AvgIpc) is 2.73. The highest BCUT2D eigenvalue weighted by molar-refractivity contribution is 6.31. The first-order chi connectivity index (χ1) is 13.5. The summed E-state index contributed by atoms with van der Waals surface area (Å²) in [7, 11) is 0. The summed E-state index contributed by atoms with van der Waals surface area (Å²) < 4.78 is 0. The van der Waals surface area contributed by atoms with E-state index >= 15 is 0 Å². The Kier molecular flexibility index (Phi) is 6.11. The number of aliphatic hydroxyl groups excluding tert-OH is 2. The standard InChI is InChI=1S/C22H26N2O4/c1-3-13(11-25)23-17-9-5-7-15-19(17)22(28)20-16(21(15)27)8-6-10-18(20)24-14(4-2)12-26/h5-10,13-14,23-26H,3-4,11-12H2,1-2H3. The minimum absolute atomic E-state index is 0.0691. The maximum absolute atomic E-state index is 13.5. The lowest BCUT2D eigenvalue weighted by molar-refractivity contribution is 0.0980. The molecule has 0 saturated carbocycles. The molecule has 3 rings (SSSR count). The number of benzene rings is 2. The first kappa shape index (κ1) is 20.0. The maximum Gasteiger partial charge on any atom is 0.198 e. The number of hydrogen-bond donors (Lipinski definition) is 4.